The van der Waals surface area contributed by atoms with Crippen molar-refractivity contribution in [2.24, 2.45) is 23.2 Å². The average Bonchev–Trinajstić information content (AvgIpc) is 2.62. The summed E-state index contributed by atoms with van der Waals surface area (Å²) in [6.45, 7) is 3.98. The zero-order chi connectivity index (χ0) is 19.9. The van der Waals surface area contributed by atoms with Crippen LogP contribution in [0.1, 0.15) is 51.0 Å². The molecule has 0 radical (unpaired) electrons. The molecule has 5 heteroatoms. The van der Waals surface area contributed by atoms with Crippen LogP contribution in [0.5, 0.6) is 5.75 Å². The maximum atomic E-state index is 12.8. The van der Waals surface area contributed by atoms with Crippen LogP contribution in [0.2, 0.25) is 0 Å². The monoisotopic (exact) mass is 379 g/mol. The van der Waals surface area contributed by atoms with E-state index in [2.05, 4.69) is 17.6 Å². The second kappa shape index (κ2) is 7.16. The predicted octanol–water partition coefficient (Wildman–Crippen LogP) is 4.24. The lowest BCUT2D eigenvalue weighted by Gasteiger charge is -2.59. The van der Waals surface area contributed by atoms with Gasteiger partial charge in [-0.25, -0.2) is 0 Å². The first-order chi connectivity index (χ1) is 13.4. The molecule has 5 rings (SSSR count). The van der Waals surface area contributed by atoms with Gasteiger partial charge in [0.1, 0.15) is 17.4 Å². The Labute approximate surface area is 166 Å². The highest BCUT2D eigenvalue weighted by Gasteiger charge is 2.53. The van der Waals surface area contributed by atoms with Gasteiger partial charge in [0, 0.05) is 17.9 Å². The van der Waals surface area contributed by atoms with Crippen LogP contribution < -0.4 is 10.6 Å². The molecule has 1 atom stereocenters. The summed E-state index contributed by atoms with van der Waals surface area (Å²) < 4.78 is 0. The Morgan fingerprint density at radius 1 is 1.25 bits per heavy atom. The number of nitriles is 1. The van der Waals surface area contributed by atoms with Gasteiger partial charge in [-0.1, -0.05) is 0 Å². The molecular formula is C23H29N3O2. The molecule has 28 heavy (non-hydrogen) atoms. The van der Waals surface area contributed by atoms with Gasteiger partial charge in [-0.05, 0) is 99.3 Å². The van der Waals surface area contributed by atoms with Gasteiger partial charge >= 0.3 is 0 Å². The summed E-state index contributed by atoms with van der Waals surface area (Å²) in [5, 5.41) is 25.1. The van der Waals surface area contributed by atoms with Crippen LogP contribution in [0.25, 0.3) is 0 Å². The lowest BCUT2D eigenvalue weighted by Crippen LogP contribution is -2.56. The van der Waals surface area contributed by atoms with Crippen molar-refractivity contribution in [2.45, 2.75) is 58.4 Å². The molecule has 4 fully saturated rings. The minimum absolute atomic E-state index is 0.0732. The maximum absolute atomic E-state index is 12.8. The summed E-state index contributed by atoms with van der Waals surface area (Å²) in [5.41, 5.74) is 1.89. The van der Waals surface area contributed by atoms with Crippen LogP contribution in [-0.4, -0.2) is 17.1 Å². The Balaban J connectivity index is 1.43. The van der Waals surface area contributed by atoms with Crippen molar-refractivity contribution in [3.05, 3.63) is 35.5 Å². The lowest BCUT2D eigenvalue weighted by molar-refractivity contribution is -0.122. The molecule has 1 aromatic rings. The first-order valence-corrected chi connectivity index (χ1v) is 10.4. The third kappa shape index (κ3) is 3.48. The number of aromatic hydroxyl groups is 1. The van der Waals surface area contributed by atoms with Gasteiger partial charge in [-0.2, -0.15) is 5.26 Å². The van der Waals surface area contributed by atoms with Crippen molar-refractivity contribution in [1.82, 2.24) is 5.32 Å². The van der Waals surface area contributed by atoms with Crippen LogP contribution in [0, 0.1) is 41.4 Å². The minimum Gasteiger partial charge on any atom is -0.508 e. The number of carbonyl (C=O) groups is 1. The number of nitrogens with one attached hydrogen (secondary N) is 2. The summed E-state index contributed by atoms with van der Waals surface area (Å²) in [6, 6.07) is 7.04. The molecule has 1 amide bonds. The average molecular weight is 380 g/mol. The smallest absolute Gasteiger partial charge is 0.263 e. The fourth-order valence-corrected chi connectivity index (χ4v) is 6.24. The molecule has 5 nitrogen and oxygen atoms in total. The van der Waals surface area contributed by atoms with Gasteiger partial charge in [0.25, 0.3) is 5.91 Å². The molecule has 0 spiro atoms. The van der Waals surface area contributed by atoms with Gasteiger partial charge in [-0.15, -0.1) is 0 Å². The molecular weight excluding hydrogens is 350 g/mol. The lowest BCUT2D eigenvalue weighted by atomic mass is 9.48. The van der Waals surface area contributed by atoms with E-state index < -0.39 is 0 Å². The number of rotatable bonds is 5. The first-order valence-electron chi connectivity index (χ1n) is 10.4. The van der Waals surface area contributed by atoms with Crippen molar-refractivity contribution in [2.75, 3.05) is 5.32 Å². The van der Waals surface area contributed by atoms with E-state index in [-0.39, 0.29) is 28.7 Å². The summed E-state index contributed by atoms with van der Waals surface area (Å²) in [4.78, 5) is 12.8. The number of phenols is 1. The number of amides is 1. The standard InChI is InChI=1S/C23H29N3O2/c1-14-5-20(27)3-4-21(14)25-13-19(12-24)22(28)26-15(2)23-9-16-6-17(10-23)8-18(7-16)11-23/h3-5,13,15-18,25,27H,6-11H2,1-2H3,(H,26,28)/b19-13-. The van der Waals surface area contributed by atoms with Gasteiger partial charge in [0.2, 0.25) is 0 Å². The van der Waals surface area contributed by atoms with E-state index in [0.717, 1.165) is 29.0 Å². The Hall–Kier alpha value is -2.48. The normalized spacial score (nSPS) is 31.9. The number of anilines is 1. The molecule has 0 aromatic heterocycles. The fourth-order valence-electron chi connectivity index (χ4n) is 6.24. The quantitative estimate of drug-likeness (QED) is 0.406. The molecule has 1 unspecified atom stereocenters. The Morgan fingerprint density at radius 2 is 1.86 bits per heavy atom. The molecule has 4 aliphatic carbocycles. The maximum Gasteiger partial charge on any atom is 0.263 e. The van der Waals surface area contributed by atoms with Crippen molar-refractivity contribution < 1.29 is 9.90 Å². The second-order valence-electron chi connectivity index (χ2n) is 9.29. The number of benzene rings is 1. The van der Waals surface area contributed by atoms with Crippen molar-refractivity contribution in [3.8, 4) is 11.8 Å². The summed E-state index contributed by atoms with van der Waals surface area (Å²) in [7, 11) is 0. The number of aryl methyl sites for hydroxylation is 1. The molecule has 148 valence electrons. The van der Waals surface area contributed by atoms with E-state index in [1.807, 2.05) is 13.0 Å². The summed E-state index contributed by atoms with van der Waals surface area (Å²) in [6.07, 6.45) is 9.24. The highest BCUT2D eigenvalue weighted by Crippen LogP contribution is 2.61. The van der Waals surface area contributed by atoms with Crippen LogP contribution in [0.3, 0.4) is 0 Å². The van der Waals surface area contributed by atoms with Crippen molar-refractivity contribution in [3.63, 3.8) is 0 Å². The zero-order valence-corrected chi connectivity index (χ0v) is 16.7. The summed E-state index contributed by atoms with van der Waals surface area (Å²) >= 11 is 0. The molecule has 1 aromatic carbocycles. The van der Waals surface area contributed by atoms with Gasteiger partial charge in [0.05, 0.1) is 0 Å². The Morgan fingerprint density at radius 3 is 2.39 bits per heavy atom. The first kappa shape index (κ1) is 18.9. The number of carbonyl (C=O) groups excluding carboxylic acids is 1. The van der Waals surface area contributed by atoms with E-state index in [4.69, 9.17) is 0 Å². The second-order valence-corrected chi connectivity index (χ2v) is 9.29. The third-order valence-electron chi connectivity index (χ3n) is 7.30. The molecule has 4 bridgehead atoms. The highest BCUT2D eigenvalue weighted by molar-refractivity contribution is 5.97. The topological polar surface area (TPSA) is 85.2 Å². The number of hydrogen-bond donors (Lipinski definition) is 3. The minimum atomic E-state index is -0.310. The molecule has 0 aliphatic heterocycles. The Bertz CT molecular complexity index is 817. The van der Waals surface area contributed by atoms with E-state index in [9.17, 15) is 15.2 Å². The van der Waals surface area contributed by atoms with E-state index in [1.165, 1.54) is 44.7 Å². The van der Waals surface area contributed by atoms with E-state index in [0.29, 0.717) is 0 Å². The Kier molecular flexibility index (Phi) is 4.82. The predicted molar refractivity (Wildman–Crippen MR) is 108 cm³/mol. The SMILES string of the molecule is Cc1cc(O)ccc1N/C=C(/C#N)C(=O)NC(C)C12CC3CC(CC(C3)C1)C2. The van der Waals surface area contributed by atoms with E-state index in [1.54, 1.807) is 18.2 Å². The molecule has 4 saturated carbocycles. The van der Waals surface area contributed by atoms with Crippen LogP contribution in [-0.2, 0) is 4.79 Å². The van der Waals surface area contributed by atoms with Crippen LogP contribution >= 0.6 is 0 Å². The number of nitrogens with zero attached hydrogens (tertiary/aromatic N) is 1. The largest absolute Gasteiger partial charge is 0.508 e. The van der Waals surface area contributed by atoms with Gasteiger partial charge < -0.3 is 15.7 Å². The molecule has 0 saturated heterocycles. The zero-order valence-electron chi connectivity index (χ0n) is 16.7. The van der Waals surface area contributed by atoms with Crippen molar-refractivity contribution in [1.29, 1.82) is 5.26 Å². The molecule has 4 aliphatic rings. The van der Waals surface area contributed by atoms with Crippen LogP contribution in [0.15, 0.2) is 30.0 Å². The number of hydrogen-bond acceptors (Lipinski definition) is 4. The fraction of sp³-hybridized carbons (Fsp3) is 0.565. The molecule has 0 heterocycles. The number of phenolic OH excluding ortho intramolecular Hbond substituents is 1. The summed E-state index contributed by atoms with van der Waals surface area (Å²) in [5.74, 6) is 2.37. The highest BCUT2D eigenvalue weighted by atomic mass is 16.3. The van der Waals surface area contributed by atoms with Gasteiger partial charge in [-0.3, -0.25) is 4.79 Å². The van der Waals surface area contributed by atoms with E-state index >= 15 is 0 Å². The molecule has 3 N–H and O–H groups in total. The van der Waals surface area contributed by atoms with Gasteiger partial charge in [0.15, 0.2) is 0 Å². The van der Waals surface area contributed by atoms with Crippen molar-refractivity contribution >= 4 is 11.6 Å². The van der Waals surface area contributed by atoms with Crippen LogP contribution in [0.4, 0.5) is 5.69 Å². The third-order valence-corrected chi connectivity index (χ3v) is 7.30.